The molecule has 7 heteroatoms. The molecule has 3 aromatic carbocycles. The second kappa shape index (κ2) is 8.59. The summed E-state index contributed by atoms with van der Waals surface area (Å²) in [6.07, 6.45) is 1.17. The number of benzene rings is 3. The number of hydrogen-bond acceptors (Lipinski definition) is 4. The maximum absolute atomic E-state index is 13.3. The van der Waals surface area contributed by atoms with Crippen LogP contribution in [0.5, 0.6) is 0 Å². The molecular weight excluding hydrogens is 422 g/mol. The molecule has 0 aliphatic rings. The summed E-state index contributed by atoms with van der Waals surface area (Å²) < 4.78 is 25.6. The predicted molar refractivity (Wildman–Crippen MR) is 126 cm³/mol. The van der Waals surface area contributed by atoms with E-state index in [9.17, 15) is 13.2 Å². The lowest BCUT2D eigenvalue weighted by Crippen LogP contribution is -2.45. The van der Waals surface area contributed by atoms with Crippen molar-refractivity contribution in [3.63, 3.8) is 0 Å². The largest absolute Gasteiger partial charge is 0.341 e. The molecule has 1 heterocycles. The zero-order chi connectivity index (χ0) is 22.8. The van der Waals surface area contributed by atoms with Crippen LogP contribution in [0.15, 0.2) is 84.9 Å². The number of carbonyl (C=O) groups excluding carboxylic acids is 1. The fourth-order valence-electron chi connectivity index (χ4n) is 3.96. The van der Waals surface area contributed by atoms with Gasteiger partial charge in [0.15, 0.2) is 9.84 Å². The SMILES string of the molecule is CC(NC(=O)Cn1c(CS(C)(=O)=O)nc2ccccc21)(c1ccccc1)c1ccccc1. The van der Waals surface area contributed by atoms with Crippen LogP contribution in [0.1, 0.15) is 23.9 Å². The monoisotopic (exact) mass is 447 g/mol. The Morgan fingerprint density at radius 3 is 2.00 bits per heavy atom. The van der Waals surface area contributed by atoms with Crippen LogP contribution in [-0.4, -0.2) is 30.1 Å². The van der Waals surface area contributed by atoms with E-state index < -0.39 is 15.4 Å². The van der Waals surface area contributed by atoms with Crippen molar-refractivity contribution in [3.05, 3.63) is 102 Å². The van der Waals surface area contributed by atoms with Gasteiger partial charge in [-0.05, 0) is 30.2 Å². The molecule has 1 N–H and O–H groups in total. The summed E-state index contributed by atoms with van der Waals surface area (Å²) in [5.41, 5.74) is 2.53. The second-order valence-electron chi connectivity index (χ2n) is 8.08. The molecule has 1 amide bonds. The number of amides is 1. The molecule has 0 unspecified atom stereocenters. The van der Waals surface area contributed by atoms with Crippen LogP contribution in [0.25, 0.3) is 11.0 Å². The maximum atomic E-state index is 13.3. The van der Waals surface area contributed by atoms with Gasteiger partial charge in [-0.2, -0.15) is 0 Å². The number of aromatic nitrogens is 2. The normalized spacial score (nSPS) is 12.1. The minimum Gasteiger partial charge on any atom is -0.341 e. The Morgan fingerprint density at radius 1 is 0.906 bits per heavy atom. The quantitative estimate of drug-likeness (QED) is 0.469. The Hall–Kier alpha value is -3.45. The van der Waals surface area contributed by atoms with Gasteiger partial charge in [-0.15, -0.1) is 0 Å². The third kappa shape index (κ3) is 4.57. The van der Waals surface area contributed by atoms with Crippen molar-refractivity contribution in [2.75, 3.05) is 6.26 Å². The van der Waals surface area contributed by atoms with Crippen LogP contribution in [0.2, 0.25) is 0 Å². The molecule has 0 saturated heterocycles. The molecule has 164 valence electrons. The number of nitrogens with one attached hydrogen (secondary N) is 1. The summed E-state index contributed by atoms with van der Waals surface area (Å²) in [5, 5.41) is 3.18. The van der Waals surface area contributed by atoms with Gasteiger partial charge >= 0.3 is 0 Å². The minimum atomic E-state index is -3.32. The van der Waals surface area contributed by atoms with E-state index in [1.165, 1.54) is 6.26 Å². The van der Waals surface area contributed by atoms with Crippen LogP contribution in [0, 0.1) is 0 Å². The third-order valence-corrected chi connectivity index (χ3v) is 6.30. The smallest absolute Gasteiger partial charge is 0.240 e. The van der Waals surface area contributed by atoms with Crippen LogP contribution in [0.3, 0.4) is 0 Å². The molecular formula is C25H25N3O3S. The molecule has 0 aliphatic heterocycles. The van der Waals surface area contributed by atoms with Gasteiger partial charge in [0.25, 0.3) is 0 Å². The molecule has 4 rings (SSSR count). The number of rotatable bonds is 7. The van der Waals surface area contributed by atoms with Crippen molar-refractivity contribution in [2.45, 2.75) is 24.8 Å². The molecule has 0 aliphatic carbocycles. The lowest BCUT2D eigenvalue weighted by Gasteiger charge is -2.32. The fraction of sp³-hybridized carbons (Fsp3) is 0.200. The van der Waals surface area contributed by atoms with Gasteiger partial charge in [0.1, 0.15) is 18.1 Å². The van der Waals surface area contributed by atoms with E-state index in [0.29, 0.717) is 11.3 Å². The molecule has 6 nitrogen and oxygen atoms in total. The van der Waals surface area contributed by atoms with Crippen molar-refractivity contribution < 1.29 is 13.2 Å². The molecule has 0 saturated carbocycles. The molecule has 1 aromatic heterocycles. The van der Waals surface area contributed by atoms with Gasteiger partial charge < -0.3 is 9.88 Å². The molecule has 0 bridgehead atoms. The topological polar surface area (TPSA) is 81.1 Å². The standard InChI is InChI=1S/C25H25N3O3S/c1-25(19-11-5-3-6-12-19,20-13-7-4-8-14-20)27-24(29)17-28-22-16-10-9-15-21(22)26-23(28)18-32(2,30)31/h3-16H,17-18H2,1-2H3,(H,27,29). The zero-order valence-corrected chi connectivity index (χ0v) is 18.8. The second-order valence-corrected chi connectivity index (χ2v) is 10.2. The predicted octanol–water partition coefficient (Wildman–Crippen LogP) is 3.66. The van der Waals surface area contributed by atoms with Gasteiger partial charge in [-0.3, -0.25) is 4.79 Å². The van der Waals surface area contributed by atoms with E-state index in [2.05, 4.69) is 10.3 Å². The number of nitrogens with zero attached hydrogens (tertiary/aromatic N) is 2. The number of sulfone groups is 1. The van der Waals surface area contributed by atoms with Crippen LogP contribution in [-0.2, 0) is 32.5 Å². The number of fused-ring (bicyclic) bond motifs is 1. The van der Waals surface area contributed by atoms with E-state index in [-0.39, 0.29) is 18.2 Å². The van der Waals surface area contributed by atoms with Crippen LogP contribution < -0.4 is 5.32 Å². The van der Waals surface area contributed by atoms with E-state index in [1.54, 1.807) is 4.57 Å². The highest BCUT2D eigenvalue weighted by molar-refractivity contribution is 7.89. The van der Waals surface area contributed by atoms with Crippen molar-refractivity contribution >= 4 is 26.8 Å². The first kappa shape index (κ1) is 21.8. The molecule has 32 heavy (non-hydrogen) atoms. The molecule has 4 aromatic rings. The average molecular weight is 448 g/mol. The van der Waals surface area contributed by atoms with Crippen molar-refractivity contribution in [3.8, 4) is 0 Å². The summed E-state index contributed by atoms with van der Waals surface area (Å²) in [6.45, 7) is 1.93. The number of carbonyl (C=O) groups is 1. The van der Waals surface area contributed by atoms with Gasteiger partial charge in [0.2, 0.25) is 5.91 Å². The van der Waals surface area contributed by atoms with E-state index >= 15 is 0 Å². The summed E-state index contributed by atoms with van der Waals surface area (Å²) in [5.74, 6) is -0.119. The highest BCUT2D eigenvalue weighted by Gasteiger charge is 2.31. The Morgan fingerprint density at radius 2 is 1.44 bits per heavy atom. The van der Waals surface area contributed by atoms with Crippen molar-refractivity contribution in [1.29, 1.82) is 0 Å². The number of imidazole rings is 1. The fourth-order valence-corrected chi connectivity index (χ4v) is 4.65. The van der Waals surface area contributed by atoms with Gasteiger partial charge in [0, 0.05) is 6.26 Å². The zero-order valence-electron chi connectivity index (χ0n) is 18.0. The molecule has 0 spiro atoms. The Labute approximate surface area is 187 Å². The molecule has 0 fully saturated rings. The van der Waals surface area contributed by atoms with E-state index in [4.69, 9.17) is 0 Å². The Balaban J connectivity index is 1.71. The first-order valence-electron chi connectivity index (χ1n) is 10.3. The molecule has 0 radical (unpaired) electrons. The third-order valence-electron chi connectivity index (χ3n) is 5.52. The first-order chi connectivity index (χ1) is 15.3. The lowest BCUT2D eigenvalue weighted by molar-refractivity contribution is -0.123. The van der Waals surface area contributed by atoms with Crippen LogP contribution in [0.4, 0.5) is 0 Å². The summed E-state index contributed by atoms with van der Waals surface area (Å²) >= 11 is 0. The Kier molecular flexibility index (Phi) is 5.84. The highest BCUT2D eigenvalue weighted by Crippen LogP contribution is 2.29. The van der Waals surface area contributed by atoms with Crippen molar-refractivity contribution in [2.24, 2.45) is 0 Å². The number of hydrogen-bond donors (Lipinski definition) is 1. The highest BCUT2D eigenvalue weighted by atomic mass is 32.2. The number of para-hydroxylation sites is 2. The Bertz CT molecular complexity index is 1310. The van der Waals surface area contributed by atoms with Crippen molar-refractivity contribution in [1.82, 2.24) is 14.9 Å². The van der Waals surface area contributed by atoms with Gasteiger partial charge in [0.05, 0.1) is 16.6 Å². The van der Waals surface area contributed by atoms with E-state index in [0.717, 1.165) is 16.6 Å². The van der Waals surface area contributed by atoms with Crippen LogP contribution >= 0.6 is 0 Å². The van der Waals surface area contributed by atoms with Gasteiger partial charge in [-0.25, -0.2) is 13.4 Å². The first-order valence-corrected chi connectivity index (χ1v) is 12.4. The lowest BCUT2D eigenvalue weighted by atomic mass is 9.84. The minimum absolute atomic E-state index is 0.0410. The summed E-state index contributed by atoms with van der Waals surface area (Å²) in [7, 11) is -3.32. The average Bonchev–Trinajstić information content (AvgIpc) is 3.10. The maximum Gasteiger partial charge on any atom is 0.240 e. The van der Waals surface area contributed by atoms with Gasteiger partial charge in [-0.1, -0.05) is 72.8 Å². The summed E-state index contributed by atoms with van der Waals surface area (Å²) in [4.78, 5) is 17.8. The van der Waals surface area contributed by atoms with E-state index in [1.807, 2.05) is 91.9 Å². The molecule has 0 atom stereocenters. The summed E-state index contributed by atoms with van der Waals surface area (Å²) in [6, 6.07) is 26.9.